The van der Waals surface area contributed by atoms with Gasteiger partial charge in [-0.25, -0.2) is 0 Å². The summed E-state index contributed by atoms with van der Waals surface area (Å²) in [5.74, 6) is 0.165. The van der Waals surface area contributed by atoms with E-state index >= 15 is 0 Å². The molecule has 1 fully saturated rings. The second-order valence-electron chi connectivity index (χ2n) is 6.83. The van der Waals surface area contributed by atoms with Gasteiger partial charge in [-0.3, -0.25) is 0 Å². The van der Waals surface area contributed by atoms with E-state index in [1.54, 1.807) is 0 Å². The highest BCUT2D eigenvalue weighted by molar-refractivity contribution is 5.27. The summed E-state index contributed by atoms with van der Waals surface area (Å²) in [6.45, 7) is 6.05. The van der Waals surface area contributed by atoms with Crippen molar-refractivity contribution in [2.45, 2.75) is 43.9 Å². The molecule has 0 saturated carbocycles. The van der Waals surface area contributed by atoms with E-state index in [1.807, 2.05) is 18.2 Å². The van der Waals surface area contributed by atoms with E-state index in [0.717, 1.165) is 6.42 Å². The Morgan fingerprint density at radius 3 is 2.21 bits per heavy atom. The molecule has 0 aliphatic carbocycles. The third kappa shape index (κ3) is 3.31. The zero-order chi connectivity index (χ0) is 17.0. The van der Waals surface area contributed by atoms with Gasteiger partial charge in [0.1, 0.15) is 0 Å². The summed E-state index contributed by atoms with van der Waals surface area (Å²) in [6, 6.07) is 21.2. The van der Waals surface area contributed by atoms with Crippen molar-refractivity contribution >= 4 is 0 Å². The van der Waals surface area contributed by atoms with Crippen molar-refractivity contribution < 1.29 is 5.11 Å². The van der Waals surface area contributed by atoms with Crippen LogP contribution >= 0.6 is 0 Å². The SMILES string of the molecule is C=CC[C@]1(O)C[C@H](c2ccccc2)N[C@H](c2ccccc2)[C@@H]1CC. The molecule has 0 bridgehead atoms. The summed E-state index contributed by atoms with van der Waals surface area (Å²) in [5.41, 5.74) is 1.74. The number of hydrogen-bond acceptors (Lipinski definition) is 2. The van der Waals surface area contributed by atoms with Crippen LogP contribution in [-0.4, -0.2) is 10.7 Å². The highest BCUT2D eigenvalue weighted by atomic mass is 16.3. The summed E-state index contributed by atoms with van der Waals surface area (Å²) in [4.78, 5) is 0. The Morgan fingerprint density at radius 2 is 1.67 bits per heavy atom. The lowest BCUT2D eigenvalue weighted by atomic mass is 9.68. The highest BCUT2D eigenvalue weighted by Gasteiger charge is 2.46. The number of benzene rings is 2. The van der Waals surface area contributed by atoms with E-state index in [9.17, 15) is 5.11 Å². The topological polar surface area (TPSA) is 32.3 Å². The molecular weight excluding hydrogens is 294 g/mol. The number of hydrogen-bond donors (Lipinski definition) is 2. The third-order valence-corrected chi connectivity index (χ3v) is 5.33. The normalized spacial score (nSPS) is 30.0. The number of nitrogens with one attached hydrogen (secondary N) is 1. The van der Waals surface area contributed by atoms with Gasteiger partial charge in [-0.15, -0.1) is 6.58 Å². The van der Waals surface area contributed by atoms with Crippen LogP contribution in [-0.2, 0) is 0 Å². The molecule has 2 aromatic carbocycles. The Labute approximate surface area is 145 Å². The van der Waals surface area contributed by atoms with Gasteiger partial charge in [0.2, 0.25) is 0 Å². The first kappa shape index (κ1) is 16.9. The van der Waals surface area contributed by atoms with Crippen LogP contribution in [0.4, 0.5) is 0 Å². The van der Waals surface area contributed by atoms with Gasteiger partial charge < -0.3 is 10.4 Å². The second kappa shape index (κ2) is 7.33. The molecule has 1 aliphatic heterocycles. The largest absolute Gasteiger partial charge is 0.389 e. The third-order valence-electron chi connectivity index (χ3n) is 5.33. The quantitative estimate of drug-likeness (QED) is 0.776. The standard InChI is InChI=1S/C22H27NO/c1-3-15-22(24)16-20(17-11-7-5-8-12-17)23-21(19(22)4-2)18-13-9-6-10-14-18/h3,5-14,19-21,23-24H,1,4,15-16H2,2H3/t19-,20+,21+,22-/m0/s1. The van der Waals surface area contributed by atoms with Gasteiger partial charge in [-0.1, -0.05) is 73.7 Å². The van der Waals surface area contributed by atoms with Crippen LogP contribution in [0, 0.1) is 5.92 Å². The minimum atomic E-state index is -0.733. The minimum Gasteiger partial charge on any atom is -0.389 e. The van der Waals surface area contributed by atoms with Crippen LogP contribution in [0.15, 0.2) is 73.3 Å². The van der Waals surface area contributed by atoms with E-state index in [4.69, 9.17) is 0 Å². The summed E-state index contributed by atoms with van der Waals surface area (Å²) >= 11 is 0. The molecule has 0 spiro atoms. The van der Waals surface area contributed by atoms with Crippen molar-refractivity contribution in [1.29, 1.82) is 0 Å². The van der Waals surface area contributed by atoms with Crippen LogP contribution in [0.3, 0.4) is 0 Å². The Bertz CT molecular complexity index is 654. The molecule has 1 aliphatic rings. The number of rotatable bonds is 5. The van der Waals surface area contributed by atoms with Gasteiger partial charge in [0.15, 0.2) is 0 Å². The molecule has 0 amide bonds. The summed E-state index contributed by atoms with van der Waals surface area (Å²) in [7, 11) is 0. The first-order chi connectivity index (χ1) is 11.7. The van der Waals surface area contributed by atoms with Gasteiger partial charge >= 0.3 is 0 Å². The summed E-state index contributed by atoms with van der Waals surface area (Å²) in [5, 5.41) is 15.3. The predicted molar refractivity (Wildman–Crippen MR) is 99.7 cm³/mol. The van der Waals surface area contributed by atoms with Crippen molar-refractivity contribution in [2.75, 3.05) is 0 Å². The number of aliphatic hydroxyl groups is 1. The molecule has 0 radical (unpaired) electrons. The Hall–Kier alpha value is -1.90. The molecule has 1 saturated heterocycles. The average Bonchev–Trinajstić information content (AvgIpc) is 2.62. The van der Waals surface area contributed by atoms with Crippen molar-refractivity contribution in [3.63, 3.8) is 0 Å². The fraction of sp³-hybridized carbons (Fsp3) is 0.364. The first-order valence-corrected chi connectivity index (χ1v) is 8.87. The van der Waals surface area contributed by atoms with Crippen molar-refractivity contribution in [3.05, 3.63) is 84.4 Å². The maximum Gasteiger partial charge on any atom is 0.0746 e. The highest BCUT2D eigenvalue weighted by Crippen LogP contribution is 2.46. The van der Waals surface area contributed by atoms with E-state index in [1.165, 1.54) is 11.1 Å². The Kier molecular flexibility index (Phi) is 5.17. The lowest BCUT2D eigenvalue weighted by Crippen LogP contribution is -2.52. The van der Waals surface area contributed by atoms with E-state index < -0.39 is 5.60 Å². The Morgan fingerprint density at radius 1 is 1.08 bits per heavy atom. The van der Waals surface area contributed by atoms with E-state index in [-0.39, 0.29) is 18.0 Å². The molecule has 4 atom stereocenters. The van der Waals surface area contributed by atoms with Gasteiger partial charge in [0.25, 0.3) is 0 Å². The molecule has 24 heavy (non-hydrogen) atoms. The molecule has 2 N–H and O–H groups in total. The maximum absolute atomic E-state index is 11.5. The zero-order valence-electron chi connectivity index (χ0n) is 14.4. The lowest BCUT2D eigenvalue weighted by Gasteiger charge is -2.48. The molecule has 2 heteroatoms. The van der Waals surface area contributed by atoms with Crippen LogP contribution in [0.25, 0.3) is 0 Å². The van der Waals surface area contributed by atoms with Crippen molar-refractivity contribution in [3.8, 4) is 0 Å². The van der Waals surface area contributed by atoms with Gasteiger partial charge in [0.05, 0.1) is 5.60 Å². The van der Waals surface area contributed by atoms with E-state index in [2.05, 4.69) is 67.4 Å². The molecule has 1 heterocycles. The van der Waals surface area contributed by atoms with Crippen LogP contribution in [0.1, 0.15) is 49.4 Å². The van der Waals surface area contributed by atoms with Crippen LogP contribution in [0.2, 0.25) is 0 Å². The lowest BCUT2D eigenvalue weighted by molar-refractivity contribution is -0.0741. The molecule has 2 aromatic rings. The molecule has 3 rings (SSSR count). The Balaban J connectivity index is 2.00. The fourth-order valence-corrected chi connectivity index (χ4v) is 4.20. The molecule has 2 nitrogen and oxygen atoms in total. The average molecular weight is 321 g/mol. The monoisotopic (exact) mass is 321 g/mol. The van der Waals surface area contributed by atoms with Gasteiger partial charge in [0, 0.05) is 18.0 Å². The summed E-state index contributed by atoms with van der Waals surface area (Å²) in [6.07, 6.45) is 4.13. The smallest absolute Gasteiger partial charge is 0.0746 e. The molecule has 126 valence electrons. The predicted octanol–water partition coefficient (Wildman–Crippen LogP) is 4.80. The maximum atomic E-state index is 11.5. The molecular formula is C22H27NO. The molecule has 0 aromatic heterocycles. The summed E-state index contributed by atoms with van der Waals surface area (Å²) < 4.78 is 0. The van der Waals surface area contributed by atoms with E-state index in [0.29, 0.717) is 12.8 Å². The minimum absolute atomic E-state index is 0.139. The second-order valence-corrected chi connectivity index (χ2v) is 6.83. The van der Waals surface area contributed by atoms with Crippen LogP contribution in [0.5, 0.6) is 0 Å². The van der Waals surface area contributed by atoms with Gasteiger partial charge in [-0.2, -0.15) is 0 Å². The molecule has 0 unspecified atom stereocenters. The zero-order valence-corrected chi connectivity index (χ0v) is 14.4. The first-order valence-electron chi connectivity index (χ1n) is 8.87. The van der Waals surface area contributed by atoms with Gasteiger partial charge in [-0.05, 0) is 30.4 Å². The fourth-order valence-electron chi connectivity index (χ4n) is 4.20. The number of piperidine rings is 1. The van der Waals surface area contributed by atoms with Crippen molar-refractivity contribution in [2.24, 2.45) is 5.92 Å². The van der Waals surface area contributed by atoms with Crippen molar-refractivity contribution in [1.82, 2.24) is 5.32 Å². The van der Waals surface area contributed by atoms with Crippen LogP contribution < -0.4 is 5.32 Å².